The van der Waals surface area contributed by atoms with Gasteiger partial charge >= 0.3 is 0 Å². The van der Waals surface area contributed by atoms with Crippen LogP contribution >= 0.6 is 15.9 Å². The van der Waals surface area contributed by atoms with E-state index in [9.17, 15) is 17.6 Å². The van der Waals surface area contributed by atoms with Crippen molar-refractivity contribution >= 4 is 43.2 Å². The number of hydrogen-bond donors (Lipinski definition) is 1. The standard InChI is InChI=1S/C17H16BrFN2O4S/c1-26(23,24)21-9-8-16(25-15-5-3-2-4-14(15)21)17(22)20-13-7-6-11(18)10-12(13)19/h2-7,10,16H,8-9H2,1H3,(H,20,22)/t16-/m1/s1. The van der Waals surface area contributed by atoms with Crippen molar-refractivity contribution in [2.75, 3.05) is 22.4 Å². The number of carbonyl (C=O) groups is 1. The first-order valence-corrected chi connectivity index (χ1v) is 10.4. The highest BCUT2D eigenvalue weighted by Gasteiger charge is 2.31. The highest BCUT2D eigenvalue weighted by atomic mass is 79.9. The molecule has 1 amide bonds. The van der Waals surface area contributed by atoms with Gasteiger partial charge in [-0.2, -0.15) is 0 Å². The quantitative estimate of drug-likeness (QED) is 0.791. The van der Waals surface area contributed by atoms with E-state index in [-0.39, 0.29) is 24.4 Å². The van der Waals surface area contributed by atoms with Gasteiger partial charge in [0.05, 0.1) is 17.6 Å². The lowest BCUT2D eigenvalue weighted by Crippen LogP contribution is -2.36. The number of halogens is 2. The minimum atomic E-state index is -3.53. The Balaban J connectivity index is 1.85. The molecule has 0 spiro atoms. The molecule has 0 saturated heterocycles. The van der Waals surface area contributed by atoms with Gasteiger partial charge in [0.25, 0.3) is 5.91 Å². The zero-order valence-electron chi connectivity index (χ0n) is 13.8. The summed E-state index contributed by atoms with van der Waals surface area (Å²) in [4.78, 5) is 12.5. The molecule has 3 rings (SSSR count). The molecule has 1 aliphatic rings. The van der Waals surface area contributed by atoms with Gasteiger partial charge in [0, 0.05) is 17.4 Å². The van der Waals surface area contributed by atoms with Crippen molar-refractivity contribution in [2.45, 2.75) is 12.5 Å². The average Bonchev–Trinajstić information content (AvgIpc) is 2.76. The fourth-order valence-corrected chi connectivity index (χ4v) is 3.94. The Morgan fingerprint density at radius 3 is 2.73 bits per heavy atom. The lowest BCUT2D eigenvalue weighted by Gasteiger charge is -2.20. The van der Waals surface area contributed by atoms with Gasteiger partial charge < -0.3 is 10.1 Å². The molecule has 1 aliphatic heterocycles. The zero-order valence-corrected chi connectivity index (χ0v) is 16.2. The fourth-order valence-electron chi connectivity index (χ4n) is 2.66. The van der Waals surface area contributed by atoms with Gasteiger partial charge in [-0.15, -0.1) is 0 Å². The van der Waals surface area contributed by atoms with Crippen molar-refractivity contribution in [1.82, 2.24) is 0 Å². The molecule has 0 bridgehead atoms. The number of ether oxygens (including phenoxy) is 1. The van der Waals surface area contributed by atoms with Gasteiger partial charge in [-0.25, -0.2) is 12.8 Å². The van der Waals surface area contributed by atoms with Crippen LogP contribution in [0.4, 0.5) is 15.8 Å². The smallest absolute Gasteiger partial charge is 0.265 e. The Kier molecular flexibility index (Phi) is 5.19. The highest BCUT2D eigenvalue weighted by Crippen LogP contribution is 2.34. The third-order valence-electron chi connectivity index (χ3n) is 3.88. The largest absolute Gasteiger partial charge is 0.478 e. The van der Waals surface area contributed by atoms with Crippen molar-refractivity contribution < 1.29 is 22.3 Å². The van der Waals surface area contributed by atoms with E-state index in [2.05, 4.69) is 21.2 Å². The highest BCUT2D eigenvalue weighted by molar-refractivity contribution is 9.10. The topological polar surface area (TPSA) is 75.7 Å². The first-order chi connectivity index (χ1) is 12.3. The van der Waals surface area contributed by atoms with Gasteiger partial charge in [-0.1, -0.05) is 28.1 Å². The summed E-state index contributed by atoms with van der Waals surface area (Å²) in [5.41, 5.74) is 0.402. The predicted molar refractivity (Wildman–Crippen MR) is 100 cm³/mol. The van der Waals surface area contributed by atoms with Crippen molar-refractivity contribution in [3.05, 3.63) is 52.8 Å². The lowest BCUT2D eigenvalue weighted by atomic mass is 10.2. The second kappa shape index (κ2) is 7.24. The second-order valence-corrected chi connectivity index (χ2v) is 8.63. The predicted octanol–water partition coefficient (Wildman–Crippen LogP) is 3.14. The van der Waals surface area contributed by atoms with Crippen LogP contribution in [0, 0.1) is 5.82 Å². The van der Waals surface area contributed by atoms with E-state index in [1.54, 1.807) is 30.3 Å². The lowest BCUT2D eigenvalue weighted by molar-refractivity contribution is -0.122. The molecule has 9 heteroatoms. The molecular formula is C17H16BrFN2O4S. The van der Waals surface area contributed by atoms with Crippen molar-refractivity contribution in [1.29, 1.82) is 0 Å². The fraction of sp³-hybridized carbons (Fsp3) is 0.235. The maximum atomic E-state index is 13.9. The molecule has 0 unspecified atom stereocenters. The van der Waals surface area contributed by atoms with Crippen molar-refractivity contribution in [3.63, 3.8) is 0 Å². The molecule has 26 heavy (non-hydrogen) atoms. The van der Waals surface area contributed by atoms with E-state index in [1.807, 2.05) is 0 Å². The summed E-state index contributed by atoms with van der Waals surface area (Å²) in [7, 11) is -3.53. The number of fused-ring (bicyclic) bond motifs is 1. The van der Waals surface area contributed by atoms with Crippen LogP contribution in [0.15, 0.2) is 46.9 Å². The Morgan fingerprint density at radius 1 is 1.31 bits per heavy atom. The van der Waals surface area contributed by atoms with Crippen LogP contribution in [0.5, 0.6) is 5.75 Å². The minimum Gasteiger partial charge on any atom is -0.478 e. The molecule has 1 atom stereocenters. The maximum absolute atomic E-state index is 13.9. The van der Waals surface area contributed by atoms with Crippen LogP contribution in [0.3, 0.4) is 0 Å². The third kappa shape index (κ3) is 3.99. The molecule has 0 aromatic heterocycles. The van der Waals surface area contributed by atoms with E-state index < -0.39 is 27.9 Å². The Morgan fingerprint density at radius 2 is 2.04 bits per heavy atom. The molecular weight excluding hydrogens is 427 g/mol. The first-order valence-electron chi connectivity index (χ1n) is 7.75. The van der Waals surface area contributed by atoms with Crippen LogP contribution in [0.25, 0.3) is 0 Å². The van der Waals surface area contributed by atoms with E-state index in [0.29, 0.717) is 10.2 Å². The molecule has 0 aliphatic carbocycles. The number of sulfonamides is 1. The summed E-state index contributed by atoms with van der Waals surface area (Å²) in [5.74, 6) is -0.845. The SMILES string of the molecule is CS(=O)(=O)N1CC[C@H](C(=O)Nc2ccc(Br)cc2F)Oc2ccccc21. The van der Waals surface area contributed by atoms with E-state index in [0.717, 1.165) is 6.26 Å². The molecule has 0 fully saturated rings. The maximum Gasteiger partial charge on any atom is 0.265 e. The van der Waals surface area contributed by atoms with Crippen LogP contribution in [-0.4, -0.2) is 33.2 Å². The van der Waals surface area contributed by atoms with Crippen LogP contribution < -0.4 is 14.4 Å². The molecule has 0 saturated carbocycles. The van der Waals surface area contributed by atoms with E-state index in [4.69, 9.17) is 4.74 Å². The average molecular weight is 443 g/mol. The molecule has 2 aromatic rings. The van der Waals surface area contributed by atoms with Crippen LogP contribution in [-0.2, 0) is 14.8 Å². The molecule has 0 radical (unpaired) electrons. The molecule has 6 nitrogen and oxygen atoms in total. The van der Waals surface area contributed by atoms with E-state index >= 15 is 0 Å². The Bertz CT molecular complexity index is 952. The number of carbonyl (C=O) groups excluding carboxylic acids is 1. The van der Waals surface area contributed by atoms with Crippen molar-refractivity contribution in [3.8, 4) is 5.75 Å². The normalized spacial score (nSPS) is 17.0. The summed E-state index contributed by atoms with van der Waals surface area (Å²) >= 11 is 3.15. The summed E-state index contributed by atoms with van der Waals surface area (Å²) < 4.78 is 45.6. The number of nitrogens with one attached hydrogen (secondary N) is 1. The number of benzene rings is 2. The Labute approximate surface area is 159 Å². The summed E-state index contributed by atoms with van der Waals surface area (Å²) in [6.45, 7) is 0.0801. The molecule has 1 N–H and O–H groups in total. The van der Waals surface area contributed by atoms with Gasteiger partial charge in [0.1, 0.15) is 11.6 Å². The third-order valence-corrected chi connectivity index (χ3v) is 5.55. The molecule has 138 valence electrons. The zero-order chi connectivity index (χ0) is 18.9. The monoisotopic (exact) mass is 442 g/mol. The van der Waals surface area contributed by atoms with Gasteiger partial charge in [-0.05, 0) is 30.3 Å². The van der Waals surface area contributed by atoms with Crippen LogP contribution in [0.2, 0.25) is 0 Å². The van der Waals surface area contributed by atoms with Gasteiger partial charge in [0.2, 0.25) is 10.0 Å². The van der Waals surface area contributed by atoms with E-state index in [1.165, 1.54) is 16.4 Å². The first kappa shape index (κ1) is 18.7. The van der Waals surface area contributed by atoms with Crippen molar-refractivity contribution in [2.24, 2.45) is 0 Å². The number of rotatable bonds is 3. The number of hydrogen-bond acceptors (Lipinski definition) is 4. The van der Waals surface area contributed by atoms with Crippen LogP contribution in [0.1, 0.15) is 6.42 Å². The minimum absolute atomic E-state index is 0.0271. The number of amides is 1. The summed E-state index contributed by atoms with van der Waals surface area (Å²) in [6, 6.07) is 10.9. The summed E-state index contributed by atoms with van der Waals surface area (Å²) in [6.07, 6.45) is 0.276. The molecule has 2 aromatic carbocycles. The number of anilines is 2. The second-order valence-electron chi connectivity index (χ2n) is 5.81. The van der Waals surface area contributed by atoms with Gasteiger partial charge in [0.15, 0.2) is 6.10 Å². The number of para-hydroxylation sites is 2. The molecule has 1 heterocycles. The summed E-state index contributed by atoms with van der Waals surface area (Å²) in [5, 5.41) is 2.49. The number of nitrogens with zero attached hydrogens (tertiary/aromatic N) is 1. The Hall–Kier alpha value is -2.13. The van der Waals surface area contributed by atoms with Gasteiger partial charge in [-0.3, -0.25) is 9.10 Å².